The van der Waals surface area contributed by atoms with E-state index < -0.39 is 0 Å². The average Bonchev–Trinajstić information content (AvgIpc) is 2.95. The smallest absolute Gasteiger partial charge is 0.231 e. The van der Waals surface area contributed by atoms with E-state index in [9.17, 15) is 9.59 Å². The van der Waals surface area contributed by atoms with Gasteiger partial charge in [0.15, 0.2) is 0 Å². The van der Waals surface area contributed by atoms with Crippen molar-refractivity contribution in [3.05, 3.63) is 35.4 Å². The molecule has 0 unspecified atom stereocenters. The molecule has 1 aromatic rings. The lowest BCUT2D eigenvalue weighted by Gasteiger charge is -2.34. The van der Waals surface area contributed by atoms with Gasteiger partial charge in [-0.2, -0.15) is 0 Å². The number of nitrogens with zero attached hydrogens (tertiary/aromatic N) is 1. The Bertz CT molecular complexity index is 638. The van der Waals surface area contributed by atoms with Crippen molar-refractivity contribution in [3.8, 4) is 0 Å². The van der Waals surface area contributed by atoms with Gasteiger partial charge in [-0.25, -0.2) is 0 Å². The van der Waals surface area contributed by atoms with Gasteiger partial charge < -0.3 is 11.1 Å². The molecule has 1 aliphatic carbocycles. The molecule has 1 saturated heterocycles. The summed E-state index contributed by atoms with van der Waals surface area (Å²) in [4.78, 5) is 25.8. The number of hydrogen-bond donors (Lipinski definition) is 2. The Balaban J connectivity index is 1.47. The number of carbonyl (C=O) groups excluding carboxylic acids is 2. The largest absolute Gasteiger partial charge is 0.369 e. The van der Waals surface area contributed by atoms with Gasteiger partial charge in [0.1, 0.15) is 0 Å². The number of amides is 2. The summed E-state index contributed by atoms with van der Waals surface area (Å²) in [5.41, 5.74) is 7.97. The van der Waals surface area contributed by atoms with Gasteiger partial charge in [0.25, 0.3) is 0 Å². The molecule has 5 nitrogen and oxygen atoms in total. The van der Waals surface area contributed by atoms with Crippen LogP contribution in [0.4, 0.5) is 0 Å². The second kappa shape index (κ2) is 7.78. The number of nitrogens with one attached hydrogen (secondary N) is 1. The second-order valence-electron chi connectivity index (χ2n) is 8.64. The minimum absolute atomic E-state index is 0.0409. The molecule has 2 aliphatic rings. The summed E-state index contributed by atoms with van der Waals surface area (Å²) in [5.74, 6) is 0.495. The van der Waals surface area contributed by atoms with E-state index in [0.29, 0.717) is 12.5 Å². The van der Waals surface area contributed by atoms with E-state index in [1.54, 1.807) is 0 Å². The number of rotatable bonds is 6. The van der Waals surface area contributed by atoms with Crippen LogP contribution in [0, 0.1) is 11.8 Å². The first-order valence-electron chi connectivity index (χ1n) is 9.72. The summed E-state index contributed by atoms with van der Waals surface area (Å²) in [7, 11) is 0. The van der Waals surface area contributed by atoms with Gasteiger partial charge in [-0.15, -0.1) is 0 Å². The summed E-state index contributed by atoms with van der Waals surface area (Å²) in [6.07, 6.45) is 4.81. The van der Waals surface area contributed by atoms with Crippen LogP contribution >= 0.6 is 0 Å². The van der Waals surface area contributed by atoms with Crippen molar-refractivity contribution in [2.45, 2.75) is 51.5 Å². The molecule has 0 radical (unpaired) electrons. The highest BCUT2D eigenvalue weighted by Gasteiger charge is 2.32. The van der Waals surface area contributed by atoms with Crippen LogP contribution in [0.15, 0.2) is 24.3 Å². The van der Waals surface area contributed by atoms with Crippen LogP contribution in [0.2, 0.25) is 0 Å². The predicted molar refractivity (Wildman–Crippen MR) is 103 cm³/mol. The van der Waals surface area contributed by atoms with E-state index in [1.165, 1.54) is 11.1 Å². The monoisotopic (exact) mass is 357 g/mol. The molecular formula is C21H31N3O2. The Morgan fingerprint density at radius 3 is 2.27 bits per heavy atom. The maximum absolute atomic E-state index is 12.7. The molecule has 1 aliphatic heterocycles. The molecule has 0 atom stereocenters. The van der Waals surface area contributed by atoms with Gasteiger partial charge >= 0.3 is 0 Å². The molecule has 0 bridgehead atoms. The van der Waals surface area contributed by atoms with Gasteiger partial charge in [0.05, 0.1) is 6.54 Å². The molecular weight excluding hydrogens is 326 g/mol. The minimum Gasteiger partial charge on any atom is -0.369 e. The standard InChI is InChI=1S/C21H31N3O2/c1-21(2,13-15-11-17-5-3-4-6-18(17)12-15)23-20(26)16-7-9-24(10-8-16)14-19(22)25/h3-6,15-16H,7-14H2,1-2H3,(H2,22,25)(H,23,26). The van der Waals surface area contributed by atoms with E-state index in [2.05, 4.69) is 43.4 Å². The third-order valence-corrected chi connectivity index (χ3v) is 5.73. The van der Waals surface area contributed by atoms with Crippen molar-refractivity contribution in [1.82, 2.24) is 10.2 Å². The molecule has 5 heteroatoms. The van der Waals surface area contributed by atoms with Gasteiger partial charge in [0.2, 0.25) is 11.8 Å². The number of primary amides is 1. The third-order valence-electron chi connectivity index (χ3n) is 5.73. The predicted octanol–water partition coefficient (Wildman–Crippen LogP) is 1.88. The number of nitrogens with two attached hydrogens (primary N) is 1. The highest BCUT2D eigenvalue weighted by molar-refractivity contribution is 5.79. The molecule has 1 heterocycles. The topological polar surface area (TPSA) is 75.4 Å². The van der Waals surface area contributed by atoms with Crippen LogP contribution in [-0.4, -0.2) is 41.9 Å². The summed E-state index contributed by atoms with van der Waals surface area (Å²) >= 11 is 0. The zero-order valence-corrected chi connectivity index (χ0v) is 16.0. The zero-order valence-electron chi connectivity index (χ0n) is 16.0. The fourth-order valence-corrected chi connectivity index (χ4v) is 4.58. The molecule has 1 aromatic carbocycles. The maximum atomic E-state index is 12.7. The fraction of sp³-hybridized carbons (Fsp3) is 0.619. The normalized spacial score (nSPS) is 19.3. The summed E-state index contributed by atoms with van der Waals surface area (Å²) in [5, 5.41) is 3.29. The van der Waals surface area contributed by atoms with Crippen molar-refractivity contribution in [2.24, 2.45) is 17.6 Å². The lowest BCUT2D eigenvalue weighted by molar-refractivity contribution is -0.128. The first kappa shape index (κ1) is 18.9. The Morgan fingerprint density at radius 1 is 1.15 bits per heavy atom. The lowest BCUT2D eigenvalue weighted by atomic mass is 9.87. The molecule has 0 spiro atoms. The first-order chi connectivity index (χ1) is 12.3. The molecule has 1 fully saturated rings. The van der Waals surface area contributed by atoms with Gasteiger partial charge in [-0.05, 0) is 76.1 Å². The van der Waals surface area contributed by atoms with Crippen LogP contribution < -0.4 is 11.1 Å². The molecule has 2 amide bonds. The quantitative estimate of drug-likeness (QED) is 0.816. The van der Waals surface area contributed by atoms with E-state index in [4.69, 9.17) is 5.73 Å². The van der Waals surface area contributed by atoms with Crippen LogP contribution in [0.25, 0.3) is 0 Å². The highest BCUT2D eigenvalue weighted by Crippen LogP contribution is 2.32. The summed E-state index contributed by atoms with van der Waals surface area (Å²) < 4.78 is 0. The Hall–Kier alpha value is -1.88. The molecule has 3 rings (SSSR count). The summed E-state index contributed by atoms with van der Waals surface area (Å²) in [6.45, 7) is 6.09. The van der Waals surface area contributed by atoms with Crippen LogP contribution in [0.1, 0.15) is 44.2 Å². The van der Waals surface area contributed by atoms with Crippen LogP contribution in [0.3, 0.4) is 0 Å². The number of benzene rings is 1. The third kappa shape index (κ3) is 4.85. The van der Waals surface area contributed by atoms with E-state index in [0.717, 1.165) is 45.2 Å². The number of piperidine rings is 1. The second-order valence-corrected chi connectivity index (χ2v) is 8.64. The molecule has 0 saturated carbocycles. The van der Waals surface area contributed by atoms with Crippen LogP contribution in [-0.2, 0) is 22.4 Å². The van der Waals surface area contributed by atoms with E-state index in [-0.39, 0.29) is 23.3 Å². The molecule has 0 aromatic heterocycles. The van der Waals surface area contributed by atoms with Crippen molar-refractivity contribution in [1.29, 1.82) is 0 Å². The molecule has 3 N–H and O–H groups in total. The number of hydrogen-bond acceptors (Lipinski definition) is 3. The number of carbonyl (C=O) groups is 2. The van der Waals surface area contributed by atoms with Gasteiger partial charge in [0, 0.05) is 11.5 Å². The minimum atomic E-state index is -0.299. The van der Waals surface area contributed by atoms with E-state index >= 15 is 0 Å². The van der Waals surface area contributed by atoms with Crippen molar-refractivity contribution < 1.29 is 9.59 Å². The van der Waals surface area contributed by atoms with Crippen LogP contribution in [0.5, 0.6) is 0 Å². The lowest BCUT2D eigenvalue weighted by Crippen LogP contribution is -2.50. The van der Waals surface area contributed by atoms with Crippen molar-refractivity contribution in [3.63, 3.8) is 0 Å². The number of likely N-dealkylation sites (tertiary alicyclic amines) is 1. The Morgan fingerprint density at radius 2 is 1.73 bits per heavy atom. The molecule has 142 valence electrons. The fourth-order valence-electron chi connectivity index (χ4n) is 4.58. The SMILES string of the molecule is CC(C)(CC1Cc2ccccc2C1)NC(=O)C1CCN(CC(N)=O)CC1. The van der Waals surface area contributed by atoms with E-state index in [1.807, 2.05) is 4.90 Å². The summed E-state index contributed by atoms with van der Waals surface area (Å²) in [6, 6.07) is 8.67. The van der Waals surface area contributed by atoms with Crippen molar-refractivity contribution >= 4 is 11.8 Å². The average molecular weight is 357 g/mol. The van der Waals surface area contributed by atoms with Crippen molar-refractivity contribution in [2.75, 3.05) is 19.6 Å². The molecule has 26 heavy (non-hydrogen) atoms. The Labute approximate surface area is 156 Å². The Kier molecular flexibility index (Phi) is 5.66. The first-order valence-corrected chi connectivity index (χ1v) is 9.72. The zero-order chi connectivity index (χ0) is 18.7. The maximum Gasteiger partial charge on any atom is 0.231 e. The van der Waals surface area contributed by atoms with Gasteiger partial charge in [-0.1, -0.05) is 24.3 Å². The van der Waals surface area contributed by atoms with Gasteiger partial charge in [-0.3, -0.25) is 14.5 Å². The number of fused-ring (bicyclic) bond motifs is 1. The highest BCUT2D eigenvalue weighted by atomic mass is 16.2.